The number of carbonyl (C=O) groups excluding carboxylic acids is 1. The fraction of sp³-hybridized carbons (Fsp3) is 0.458. The van der Waals surface area contributed by atoms with Gasteiger partial charge in [-0.3, -0.25) is 4.79 Å². The van der Waals surface area contributed by atoms with E-state index in [0.29, 0.717) is 17.2 Å². The minimum atomic E-state index is -3.14. The summed E-state index contributed by atoms with van der Waals surface area (Å²) in [7, 11) is -3.14. The van der Waals surface area contributed by atoms with Crippen LogP contribution in [0.5, 0.6) is 5.75 Å². The molecule has 2 aromatic carbocycles. The first-order valence-electron chi connectivity index (χ1n) is 10.6. The number of halogens is 1. The molecule has 3 rings (SSSR count). The lowest BCUT2D eigenvalue weighted by molar-refractivity contribution is -0.140. The van der Waals surface area contributed by atoms with Crippen LogP contribution in [0.25, 0.3) is 0 Å². The summed E-state index contributed by atoms with van der Waals surface area (Å²) in [5.41, 5.74) is 2.95. The summed E-state index contributed by atoms with van der Waals surface area (Å²) < 4.78 is 30.3. The number of aryl methyl sites for hydroxylation is 1. The van der Waals surface area contributed by atoms with E-state index < -0.39 is 15.9 Å². The first-order valence-corrected chi connectivity index (χ1v) is 12.8. The number of carbonyl (C=O) groups is 1. The Morgan fingerprint density at radius 2 is 1.94 bits per heavy atom. The fourth-order valence-corrected chi connectivity index (χ4v) is 5.88. The zero-order valence-corrected chi connectivity index (χ0v) is 20.0. The summed E-state index contributed by atoms with van der Waals surface area (Å²) in [6.45, 7) is 8.16. The fourth-order valence-electron chi connectivity index (χ4n) is 3.94. The summed E-state index contributed by atoms with van der Waals surface area (Å²) in [6.07, 6.45) is -0.315. The number of hydrogen-bond donors (Lipinski definition) is 0. The Balaban J connectivity index is 1.86. The van der Waals surface area contributed by atoms with Crippen LogP contribution >= 0.6 is 11.6 Å². The second kappa shape index (κ2) is 9.61. The van der Waals surface area contributed by atoms with Crippen LogP contribution in [0, 0.1) is 6.92 Å². The molecule has 168 valence electrons. The van der Waals surface area contributed by atoms with Crippen LogP contribution in [0.3, 0.4) is 0 Å². The topological polar surface area (TPSA) is 63.7 Å². The van der Waals surface area contributed by atoms with Crippen molar-refractivity contribution in [3.8, 4) is 5.75 Å². The van der Waals surface area contributed by atoms with Crippen molar-refractivity contribution < 1.29 is 17.9 Å². The SMILES string of the molecule is Cc1ccc(C(C)C)c(OC(C)C(=O)N(Cc2cccc(Cl)c2)C2CCS(=O)(=O)C2)c1. The van der Waals surface area contributed by atoms with Gasteiger partial charge in [-0.25, -0.2) is 8.42 Å². The van der Waals surface area contributed by atoms with E-state index in [-0.39, 0.29) is 35.9 Å². The first-order chi connectivity index (χ1) is 14.6. The molecule has 1 heterocycles. The van der Waals surface area contributed by atoms with E-state index >= 15 is 0 Å². The van der Waals surface area contributed by atoms with Gasteiger partial charge in [-0.2, -0.15) is 0 Å². The van der Waals surface area contributed by atoms with Crippen molar-refractivity contribution in [3.63, 3.8) is 0 Å². The van der Waals surface area contributed by atoms with Gasteiger partial charge in [0, 0.05) is 17.6 Å². The van der Waals surface area contributed by atoms with E-state index in [4.69, 9.17) is 16.3 Å². The van der Waals surface area contributed by atoms with Crippen molar-refractivity contribution in [2.75, 3.05) is 11.5 Å². The zero-order valence-electron chi connectivity index (χ0n) is 18.5. The predicted octanol–water partition coefficient (Wildman–Crippen LogP) is 4.76. The molecule has 1 fully saturated rings. The largest absolute Gasteiger partial charge is 0.481 e. The molecular formula is C24H30ClNO4S. The van der Waals surface area contributed by atoms with Crippen LogP contribution in [-0.4, -0.2) is 42.9 Å². The van der Waals surface area contributed by atoms with Gasteiger partial charge in [-0.15, -0.1) is 0 Å². The van der Waals surface area contributed by atoms with Gasteiger partial charge in [-0.05, 0) is 61.1 Å². The monoisotopic (exact) mass is 463 g/mol. The van der Waals surface area contributed by atoms with Gasteiger partial charge in [0.1, 0.15) is 5.75 Å². The van der Waals surface area contributed by atoms with Crippen LogP contribution in [-0.2, 0) is 21.2 Å². The van der Waals surface area contributed by atoms with E-state index in [1.54, 1.807) is 24.0 Å². The number of ether oxygens (including phenoxy) is 1. The number of rotatable bonds is 7. The molecule has 0 spiro atoms. The lowest BCUT2D eigenvalue weighted by atomic mass is 10.0. The Labute approximate surface area is 190 Å². The average Bonchev–Trinajstić information content (AvgIpc) is 3.05. The van der Waals surface area contributed by atoms with Crippen LogP contribution in [0.4, 0.5) is 0 Å². The molecule has 1 amide bonds. The average molecular weight is 464 g/mol. The Hall–Kier alpha value is -2.05. The molecule has 31 heavy (non-hydrogen) atoms. The van der Waals surface area contributed by atoms with Gasteiger partial charge < -0.3 is 9.64 Å². The van der Waals surface area contributed by atoms with Gasteiger partial charge in [0.15, 0.2) is 15.9 Å². The van der Waals surface area contributed by atoms with Gasteiger partial charge in [0.2, 0.25) is 0 Å². The van der Waals surface area contributed by atoms with Crippen molar-refractivity contribution in [2.24, 2.45) is 0 Å². The standard InChI is InChI=1S/C24H30ClNO4S/c1-16(2)22-9-8-17(3)12-23(22)30-18(4)24(27)26(21-10-11-31(28,29)15-21)14-19-6-5-7-20(25)13-19/h5-9,12-13,16,18,21H,10-11,14-15H2,1-4H3. The lowest BCUT2D eigenvalue weighted by Crippen LogP contribution is -2.46. The molecule has 0 aromatic heterocycles. The van der Waals surface area contributed by atoms with Gasteiger partial charge in [0.25, 0.3) is 5.91 Å². The molecule has 0 N–H and O–H groups in total. The maximum atomic E-state index is 13.5. The van der Waals surface area contributed by atoms with E-state index in [1.165, 1.54) is 0 Å². The van der Waals surface area contributed by atoms with E-state index in [9.17, 15) is 13.2 Å². The van der Waals surface area contributed by atoms with E-state index in [1.807, 2.05) is 37.3 Å². The molecule has 0 radical (unpaired) electrons. The Bertz CT molecular complexity index is 1050. The Morgan fingerprint density at radius 3 is 2.55 bits per heavy atom. The second-order valence-electron chi connectivity index (χ2n) is 8.61. The van der Waals surface area contributed by atoms with Gasteiger partial charge >= 0.3 is 0 Å². The van der Waals surface area contributed by atoms with Crippen molar-refractivity contribution >= 4 is 27.3 Å². The maximum absolute atomic E-state index is 13.5. The molecule has 5 nitrogen and oxygen atoms in total. The smallest absolute Gasteiger partial charge is 0.263 e. The van der Waals surface area contributed by atoms with Crippen molar-refractivity contribution in [1.29, 1.82) is 0 Å². The molecule has 2 unspecified atom stereocenters. The molecule has 7 heteroatoms. The number of nitrogens with zero attached hydrogens (tertiary/aromatic N) is 1. The van der Waals surface area contributed by atoms with Gasteiger partial charge in [-0.1, -0.05) is 49.7 Å². The third kappa shape index (κ3) is 6.01. The lowest BCUT2D eigenvalue weighted by Gasteiger charge is -2.31. The molecular weight excluding hydrogens is 434 g/mol. The van der Waals surface area contributed by atoms with Crippen LogP contribution < -0.4 is 4.74 Å². The number of amides is 1. The Kier molecular flexibility index (Phi) is 7.32. The minimum absolute atomic E-state index is 0.0201. The zero-order chi connectivity index (χ0) is 22.8. The molecule has 1 aliphatic heterocycles. The first kappa shape index (κ1) is 23.6. The molecule has 0 aliphatic carbocycles. The molecule has 0 saturated carbocycles. The van der Waals surface area contributed by atoms with E-state index in [2.05, 4.69) is 13.8 Å². The highest BCUT2D eigenvalue weighted by Crippen LogP contribution is 2.29. The van der Waals surface area contributed by atoms with Crippen LogP contribution in [0.2, 0.25) is 5.02 Å². The molecule has 1 aliphatic rings. The predicted molar refractivity (Wildman–Crippen MR) is 124 cm³/mol. The molecule has 2 aromatic rings. The normalized spacial score (nSPS) is 18.7. The highest BCUT2D eigenvalue weighted by molar-refractivity contribution is 7.91. The molecule has 0 bridgehead atoms. The summed E-state index contributed by atoms with van der Waals surface area (Å²) >= 11 is 6.12. The van der Waals surface area contributed by atoms with Crippen molar-refractivity contribution in [1.82, 2.24) is 4.90 Å². The van der Waals surface area contributed by atoms with Crippen molar-refractivity contribution in [2.45, 2.75) is 58.7 Å². The van der Waals surface area contributed by atoms with E-state index in [0.717, 1.165) is 16.7 Å². The highest BCUT2D eigenvalue weighted by Gasteiger charge is 2.36. The summed E-state index contributed by atoms with van der Waals surface area (Å²) in [5, 5.41) is 0.578. The maximum Gasteiger partial charge on any atom is 0.263 e. The third-order valence-corrected chi connectivity index (χ3v) is 7.60. The molecule has 2 atom stereocenters. The third-order valence-electron chi connectivity index (χ3n) is 5.62. The summed E-state index contributed by atoms with van der Waals surface area (Å²) in [5.74, 6) is 0.798. The number of sulfone groups is 1. The summed E-state index contributed by atoms with van der Waals surface area (Å²) in [4.78, 5) is 15.1. The van der Waals surface area contributed by atoms with Crippen LogP contribution in [0.1, 0.15) is 49.8 Å². The van der Waals surface area contributed by atoms with Crippen molar-refractivity contribution in [3.05, 3.63) is 64.2 Å². The molecule has 1 saturated heterocycles. The highest BCUT2D eigenvalue weighted by atomic mass is 35.5. The summed E-state index contributed by atoms with van der Waals surface area (Å²) in [6, 6.07) is 12.9. The number of benzene rings is 2. The van der Waals surface area contributed by atoms with Gasteiger partial charge in [0.05, 0.1) is 11.5 Å². The number of hydrogen-bond acceptors (Lipinski definition) is 4. The van der Waals surface area contributed by atoms with Crippen LogP contribution in [0.15, 0.2) is 42.5 Å². The second-order valence-corrected chi connectivity index (χ2v) is 11.3. The quantitative estimate of drug-likeness (QED) is 0.594. The minimum Gasteiger partial charge on any atom is -0.481 e. The Morgan fingerprint density at radius 1 is 1.19 bits per heavy atom.